The lowest BCUT2D eigenvalue weighted by molar-refractivity contribution is -0.125. The van der Waals surface area contributed by atoms with Gasteiger partial charge < -0.3 is 0 Å². The van der Waals surface area contributed by atoms with E-state index in [9.17, 15) is 4.79 Å². The van der Waals surface area contributed by atoms with E-state index in [2.05, 4.69) is 45.0 Å². The highest BCUT2D eigenvalue weighted by atomic mass is 16.1. The molecule has 0 radical (unpaired) electrons. The molecule has 0 saturated carbocycles. The average molecular weight is 232 g/mol. The zero-order valence-electron chi connectivity index (χ0n) is 11.9. The summed E-state index contributed by atoms with van der Waals surface area (Å²) in [5.41, 5.74) is 2.34. The largest absolute Gasteiger partial charge is 0.299 e. The zero-order valence-corrected chi connectivity index (χ0v) is 11.9. The minimum atomic E-state index is -0.247. The number of benzene rings is 1. The molecule has 0 aliphatic carbocycles. The van der Waals surface area contributed by atoms with Gasteiger partial charge in [-0.15, -0.1) is 0 Å². The summed E-state index contributed by atoms with van der Waals surface area (Å²) >= 11 is 0. The Balaban J connectivity index is 2.80. The minimum Gasteiger partial charge on any atom is -0.299 e. The van der Waals surface area contributed by atoms with Gasteiger partial charge in [-0.25, -0.2) is 0 Å². The first-order valence-corrected chi connectivity index (χ1v) is 6.23. The molecule has 1 aromatic rings. The predicted molar refractivity (Wildman–Crippen MR) is 73.3 cm³/mol. The van der Waals surface area contributed by atoms with E-state index in [0.29, 0.717) is 12.2 Å². The zero-order chi connectivity index (χ0) is 13.3. The van der Waals surface area contributed by atoms with Crippen molar-refractivity contribution in [1.82, 2.24) is 0 Å². The second-order valence-corrected chi connectivity index (χ2v) is 6.80. The summed E-state index contributed by atoms with van der Waals surface area (Å²) in [4.78, 5) is 11.9. The van der Waals surface area contributed by atoms with Crippen LogP contribution in [0.2, 0.25) is 0 Å². The van der Waals surface area contributed by atoms with Crippen molar-refractivity contribution in [3.05, 3.63) is 35.4 Å². The van der Waals surface area contributed by atoms with Crippen LogP contribution < -0.4 is 0 Å². The third-order valence-electron chi connectivity index (χ3n) is 3.02. The fourth-order valence-electron chi connectivity index (χ4n) is 1.57. The SMILES string of the molecule is CC(C)(C)C(=O)Cc1ccc(C(C)(C)C)cc1. The Morgan fingerprint density at radius 1 is 0.941 bits per heavy atom. The Morgan fingerprint density at radius 3 is 1.76 bits per heavy atom. The molecule has 0 unspecified atom stereocenters. The maximum absolute atomic E-state index is 11.9. The molecule has 0 bridgehead atoms. The molecule has 1 nitrogen and oxygen atoms in total. The van der Waals surface area contributed by atoms with Gasteiger partial charge in [0, 0.05) is 11.8 Å². The van der Waals surface area contributed by atoms with E-state index >= 15 is 0 Å². The molecule has 94 valence electrons. The summed E-state index contributed by atoms with van der Waals surface area (Å²) in [5.74, 6) is 0.293. The second kappa shape index (κ2) is 4.64. The van der Waals surface area contributed by atoms with Crippen molar-refractivity contribution in [2.24, 2.45) is 5.41 Å². The fraction of sp³-hybridized carbons (Fsp3) is 0.562. The quantitative estimate of drug-likeness (QED) is 0.749. The number of Topliss-reactive ketones (excluding diaryl/α,β-unsaturated/α-hetero) is 1. The molecule has 1 rings (SSSR count). The maximum atomic E-state index is 11.9. The van der Waals surface area contributed by atoms with E-state index in [1.807, 2.05) is 20.8 Å². The lowest BCUT2D eigenvalue weighted by atomic mass is 9.84. The fourth-order valence-corrected chi connectivity index (χ4v) is 1.57. The van der Waals surface area contributed by atoms with E-state index in [4.69, 9.17) is 0 Å². The molecule has 0 heterocycles. The lowest BCUT2D eigenvalue weighted by Crippen LogP contribution is -2.22. The van der Waals surface area contributed by atoms with E-state index in [-0.39, 0.29) is 10.8 Å². The highest BCUT2D eigenvalue weighted by molar-refractivity contribution is 5.85. The van der Waals surface area contributed by atoms with Crippen LogP contribution in [-0.2, 0) is 16.6 Å². The maximum Gasteiger partial charge on any atom is 0.142 e. The number of carbonyl (C=O) groups is 1. The number of rotatable bonds is 2. The molecule has 1 aromatic carbocycles. The first-order valence-electron chi connectivity index (χ1n) is 6.23. The van der Waals surface area contributed by atoms with Crippen molar-refractivity contribution in [3.8, 4) is 0 Å². The summed E-state index contributed by atoms with van der Waals surface area (Å²) in [5, 5.41) is 0. The molecule has 0 amide bonds. The van der Waals surface area contributed by atoms with Crippen molar-refractivity contribution in [2.75, 3.05) is 0 Å². The summed E-state index contributed by atoms with van der Waals surface area (Å²) in [6.07, 6.45) is 0.536. The van der Waals surface area contributed by atoms with Gasteiger partial charge in [0.2, 0.25) is 0 Å². The summed E-state index contributed by atoms with van der Waals surface area (Å²) < 4.78 is 0. The van der Waals surface area contributed by atoms with E-state index < -0.39 is 0 Å². The van der Waals surface area contributed by atoms with Gasteiger partial charge in [0.05, 0.1) is 0 Å². The molecule has 1 heteroatoms. The molecule has 0 atom stereocenters. The average Bonchev–Trinajstić information content (AvgIpc) is 2.15. The van der Waals surface area contributed by atoms with Crippen molar-refractivity contribution in [3.63, 3.8) is 0 Å². The number of hydrogen-bond acceptors (Lipinski definition) is 1. The molecule has 0 fully saturated rings. The molecular formula is C16H24O. The van der Waals surface area contributed by atoms with Crippen LogP contribution in [0.15, 0.2) is 24.3 Å². The molecule has 0 aromatic heterocycles. The molecule has 0 saturated heterocycles. The standard InChI is InChI=1S/C16H24O/c1-15(2,3)13-9-7-12(8-10-13)11-14(17)16(4,5)6/h7-10H,11H2,1-6H3. The molecule has 0 aliphatic heterocycles. The minimum absolute atomic E-state index is 0.173. The number of carbonyl (C=O) groups excluding carboxylic acids is 1. The van der Waals surface area contributed by atoms with Crippen molar-refractivity contribution in [1.29, 1.82) is 0 Å². The Hall–Kier alpha value is -1.11. The van der Waals surface area contributed by atoms with Crippen LogP contribution in [0.4, 0.5) is 0 Å². The predicted octanol–water partition coefficient (Wildman–Crippen LogP) is 4.14. The van der Waals surface area contributed by atoms with Gasteiger partial charge in [0.15, 0.2) is 0 Å². The van der Waals surface area contributed by atoms with Gasteiger partial charge in [-0.2, -0.15) is 0 Å². The molecule has 0 N–H and O–H groups in total. The van der Waals surface area contributed by atoms with Crippen LogP contribution in [-0.4, -0.2) is 5.78 Å². The monoisotopic (exact) mass is 232 g/mol. The lowest BCUT2D eigenvalue weighted by Gasteiger charge is -2.20. The van der Waals surface area contributed by atoms with E-state index in [1.165, 1.54) is 5.56 Å². The highest BCUT2D eigenvalue weighted by Crippen LogP contribution is 2.23. The number of hydrogen-bond donors (Lipinski definition) is 0. The normalized spacial score (nSPS) is 12.6. The van der Waals surface area contributed by atoms with E-state index in [1.54, 1.807) is 0 Å². The summed E-state index contributed by atoms with van der Waals surface area (Å²) in [6, 6.07) is 8.41. The molecule has 0 spiro atoms. The second-order valence-electron chi connectivity index (χ2n) is 6.80. The summed E-state index contributed by atoms with van der Waals surface area (Å²) in [6.45, 7) is 12.5. The Bertz CT molecular complexity index is 385. The van der Waals surface area contributed by atoms with Crippen LogP contribution >= 0.6 is 0 Å². The third-order valence-corrected chi connectivity index (χ3v) is 3.02. The first kappa shape index (κ1) is 14.0. The van der Waals surface area contributed by atoms with Crippen LogP contribution in [0, 0.1) is 5.41 Å². The van der Waals surface area contributed by atoms with Gasteiger partial charge in [-0.05, 0) is 16.5 Å². The van der Waals surface area contributed by atoms with Crippen LogP contribution in [0.25, 0.3) is 0 Å². The molecular weight excluding hydrogens is 208 g/mol. The van der Waals surface area contributed by atoms with E-state index in [0.717, 1.165) is 5.56 Å². The summed E-state index contributed by atoms with van der Waals surface area (Å²) in [7, 11) is 0. The smallest absolute Gasteiger partial charge is 0.142 e. The van der Waals surface area contributed by atoms with Crippen LogP contribution in [0.1, 0.15) is 52.7 Å². The Labute approximate surface area is 105 Å². The van der Waals surface area contributed by atoms with Gasteiger partial charge >= 0.3 is 0 Å². The van der Waals surface area contributed by atoms with Gasteiger partial charge in [0.1, 0.15) is 5.78 Å². The first-order chi connectivity index (χ1) is 7.60. The molecule has 0 aliphatic rings. The van der Waals surface area contributed by atoms with Gasteiger partial charge in [-0.1, -0.05) is 65.8 Å². The van der Waals surface area contributed by atoms with Crippen molar-refractivity contribution in [2.45, 2.75) is 53.4 Å². The molecule has 17 heavy (non-hydrogen) atoms. The highest BCUT2D eigenvalue weighted by Gasteiger charge is 2.21. The van der Waals surface area contributed by atoms with Crippen molar-refractivity contribution < 1.29 is 4.79 Å². The van der Waals surface area contributed by atoms with Crippen LogP contribution in [0.5, 0.6) is 0 Å². The van der Waals surface area contributed by atoms with Gasteiger partial charge in [0.25, 0.3) is 0 Å². The Kier molecular flexibility index (Phi) is 3.81. The van der Waals surface area contributed by atoms with Gasteiger partial charge in [-0.3, -0.25) is 4.79 Å². The Morgan fingerprint density at radius 2 is 1.41 bits per heavy atom. The number of ketones is 1. The topological polar surface area (TPSA) is 17.1 Å². The third kappa shape index (κ3) is 3.99. The van der Waals surface area contributed by atoms with Crippen molar-refractivity contribution >= 4 is 5.78 Å². The van der Waals surface area contributed by atoms with Crippen LogP contribution in [0.3, 0.4) is 0 Å².